The Bertz CT molecular complexity index is 729. The van der Waals surface area contributed by atoms with Gasteiger partial charge in [-0.05, 0) is 67.5 Å². The fraction of sp³-hybridized carbons (Fsp3) is 0.409. The van der Waals surface area contributed by atoms with E-state index in [0.717, 1.165) is 33.7 Å². The van der Waals surface area contributed by atoms with Gasteiger partial charge in [-0.15, -0.1) is 0 Å². The minimum atomic E-state index is -0.513. The van der Waals surface area contributed by atoms with Gasteiger partial charge in [0.1, 0.15) is 5.75 Å². The van der Waals surface area contributed by atoms with Gasteiger partial charge >= 0.3 is 0 Å². The van der Waals surface area contributed by atoms with Gasteiger partial charge in [-0.1, -0.05) is 45.0 Å². The minimum Gasteiger partial charge on any atom is -0.481 e. The predicted molar refractivity (Wildman–Crippen MR) is 105 cm³/mol. The number of hydrogen-bond acceptors (Lipinski definition) is 2. The lowest BCUT2D eigenvalue weighted by Crippen LogP contribution is -2.33. The summed E-state index contributed by atoms with van der Waals surface area (Å²) in [5.74, 6) is 0.988. The number of carbonyl (C=O) groups is 1. The van der Waals surface area contributed by atoms with Gasteiger partial charge < -0.3 is 10.1 Å². The zero-order chi connectivity index (χ0) is 18.6. The van der Waals surface area contributed by atoms with Gasteiger partial charge in [-0.2, -0.15) is 0 Å². The molecule has 0 unspecified atom stereocenters. The summed E-state index contributed by atoms with van der Waals surface area (Å²) in [7, 11) is 0. The number of nitrogens with one attached hydrogen (secondary N) is 1. The molecule has 0 spiro atoms. The van der Waals surface area contributed by atoms with E-state index in [1.54, 1.807) is 0 Å². The van der Waals surface area contributed by atoms with E-state index in [-0.39, 0.29) is 5.91 Å². The molecule has 0 heterocycles. The third kappa shape index (κ3) is 4.85. The van der Waals surface area contributed by atoms with E-state index in [2.05, 4.69) is 31.3 Å². The molecule has 0 bridgehead atoms. The highest BCUT2D eigenvalue weighted by Gasteiger charge is 2.21. The Kier molecular flexibility index (Phi) is 6.24. The summed E-state index contributed by atoms with van der Waals surface area (Å²) in [6.45, 7) is 12.3. The van der Waals surface area contributed by atoms with Crippen LogP contribution in [0.1, 0.15) is 55.4 Å². The maximum Gasteiger partial charge on any atom is 0.265 e. The fourth-order valence-corrected chi connectivity index (χ4v) is 3.03. The number of anilines is 1. The normalized spacial score (nSPS) is 12.1. The van der Waals surface area contributed by atoms with Crippen LogP contribution in [0.25, 0.3) is 0 Å². The summed E-state index contributed by atoms with van der Waals surface area (Å²) < 4.78 is 5.99. The molecule has 1 amide bonds. The Balaban J connectivity index is 2.21. The maximum atomic E-state index is 12.8. The molecular formula is C22H29NO2. The molecule has 2 aromatic rings. The van der Waals surface area contributed by atoms with Gasteiger partial charge in [0.15, 0.2) is 6.10 Å². The van der Waals surface area contributed by atoms with Crippen LogP contribution in [-0.2, 0) is 4.79 Å². The molecule has 0 aliphatic carbocycles. The van der Waals surface area contributed by atoms with Crippen molar-refractivity contribution in [2.75, 3.05) is 5.32 Å². The second kappa shape index (κ2) is 8.19. The number of aryl methyl sites for hydroxylation is 3. The first kappa shape index (κ1) is 19.0. The maximum absolute atomic E-state index is 12.8. The predicted octanol–water partition coefficient (Wildman–Crippen LogP) is 5.53. The minimum absolute atomic E-state index is 0.0992. The molecule has 2 rings (SSSR count). The van der Waals surface area contributed by atoms with Gasteiger partial charge in [0.25, 0.3) is 5.91 Å². The van der Waals surface area contributed by atoms with E-state index < -0.39 is 6.10 Å². The van der Waals surface area contributed by atoms with E-state index in [0.29, 0.717) is 12.3 Å². The number of ether oxygens (including phenoxy) is 1. The molecule has 0 radical (unpaired) electrons. The van der Waals surface area contributed by atoms with E-state index in [1.165, 1.54) is 0 Å². The molecule has 0 fully saturated rings. The monoisotopic (exact) mass is 339 g/mol. The van der Waals surface area contributed by atoms with Crippen molar-refractivity contribution in [1.29, 1.82) is 0 Å². The quantitative estimate of drug-likeness (QED) is 0.751. The van der Waals surface area contributed by atoms with Gasteiger partial charge in [-0.25, -0.2) is 0 Å². The topological polar surface area (TPSA) is 38.3 Å². The van der Waals surface area contributed by atoms with E-state index in [4.69, 9.17) is 4.74 Å². The summed E-state index contributed by atoms with van der Waals surface area (Å²) in [5, 5.41) is 3.10. The van der Waals surface area contributed by atoms with Gasteiger partial charge in [0.05, 0.1) is 0 Å². The smallest absolute Gasteiger partial charge is 0.265 e. The van der Waals surface area contributed by atoms with Crippen LogP contribution in [0.4, 0.5) is 5.69 Å². The third-order valence-electron chi connectivity index (χ3n) is 4.31. The second-order valence-electron chi connectivity index (χ2n) is 7.02. The first-order chi connectivity index (χ1) is 11.8. The number of amides is 1. The van der Waals surface area contributed by atoms with Crippen molar-refractivity contribution < 1.29 is 9.53 Å². The summed E-state index contributed by atoms with van der Waals surface area (Å²) >= 11 is 0. The number of benzene rings is 2. The first-order valence-electron chi connectivity index (χ1n) is 8.97. The summed E-state index contributed by atoms with van der Waals surface area (Å²) in [4.78, 5) is 12.8. The molecule has 3 heteroatoms. The average molecular weight is 339 g/mol. The van der Waals surface area contributed by atoms with Gasteiger partial charge in [-0.3, -0.25) is 4.79 Å². The molecule has 3 nitrogen and oxygen atoms in total. The Labute approximate surface area is 151 Å². The van der Waals surface area contributed by atoms with Crippen molar-refractivity contribution in [3.8, 4) is 5.75 Å². The van der Waals surface area contributed by atoms with Crippen LogP contribution in [0.5, 0.6) is 5.75 Å². The highest BCUT2D eigenvalue weighted by atomic mass is 16.5. The highest BCUT2D eigenvalue weighted by molar-refractivity contribution is 5.95. The van der Waals surface area contributed by atoms with E-state index in [9.17, 15) is 4.79 Å². The molecule has 0 saturated heterocycles. The largest absolute Gasteiger partial charge is 0.481 e. The van der Waals surface area contributed by atoms with Crippen LogP contribution >= 0.6 is 0 Å². The Morgan fingerprint density at radius 3 is 2.28 bits per heavy atom. The second-order valence-corrected chi connectivity index (χ2v) is 7.02. The van der Waals surface area contributed by atoms with Crippen molar-refractivity contribution in [3.63, 3.8) is 0 Å². The number of carbonyl (C=O) groups excluding carboxylic acids is 1. The Hall–Kier alpha value is -2.29. The molecule has 2 aromatic carbocycles. The van der Waals surface area contributed by atoms with Crippen LogP contribution < -0.4 is 10.1 Å². The average Bonchev–Trinajstić information content (AvgIpc) is 2.53. The molecule has 134 valence electrons. The molecule has 0 saturated carbocycles. The molecule has 0 aromatic heterocycles. The fourth-order valence-electron chi connectivity index (χ4n) is 3.03. The molecule has 0 aliphatic rings. The van der Waals surface area contributed by atoms with Crippen molar-refractivity contribution in [1.82, 2.24) is 0 Å². The third-order valence-corrected chi connectivity index (χ3v) is 4.31. The van der Waals surface area contributed by atoms with Crippen LogP contribution in [0.2, 0.25) is 0 Å². The van der Waals surface area contributed by atoms with Crippen LogP contribution in [0.15, 0.2) is 36.4 Å². The lowest BCUT2D eigenvalue weighted by atomic mass is 9.98. The zero-order valence-corrected chi connectivity index (χ0v) is 16.1. The van der Waals surface area contributed by atoms with Crippen molar-refractivity contribution in [2.45, 2.75) is 60.0 Å². The Morgan fingerprint density at radius 1 is 1.08 bits per heavy atom. The summed E-state index contributed by atoms with van der Waals surface area (Å²) in [5.41, 5.74) is 5.39. The molecule has 0 aliphatic heterocycles. The van der Waals surface area contributed by atoms with Crippen LogP contribution in [0, 0.1) is 20.8 Å². The first-order valence-corrected chi connectivity index (χ1v) is 8.97. The molecule has 25 heavy (non-hydrogen) atoms. The van der Waals surface area contributed by atoms with Gasteiger partial charge in [0.2, 0.25) is 0 Å². The van der Waals surface area contributed by atoms with Crippen molar-refractivity contribution >= 4 is 11.6 Å². The lowest BCUT2D eigenvalue weighted by molar-refractivity contribution is -0.122. The van der Waals surface area contributed by atoms with E-state index >= 15 is 0 Å². The van der Waals surface area contributed by atoms with Crippen molar-refractivity contribution in [3.05, 3.63) is 58.7 Å². The number of rotatable bonds is 6. The summed E-state index contributed by atoms with van der Waals surface area (Å²) in [6, 6.07) is 12.2. The zero-order valence-electron chi connectivity index (χ0n) is 16.1. The molecule has 1 N–H and O–H groups in total. The van der Waals surface area contributed by atoms with Crippen LogP contribution in [0.3, 0.4) is 0 Å². The molecule has 1 atom stereocenters. The number of para-hydroxylation sites is 1. The lowest BCUT2D eigenvalue weighted by Gasteiger charge is -2.21. The Morgan fingerprint density at radius 2 is 1.72 bits per heavy atom. The standard InChI is InChI=1S/C22H29NO2/c1-7-20(25-18-12-15(4)11-16(5)13-18)22(24)23-21-17(6)9-8-10-19(21)14(2)3/h8-14,20H,7H2,1-6H3,(H,23,24)/t20-/m0/s1. The van der Waals surface area contributed by atoms with Gasteiger partial charge in [0, 0.05) is 5.69 Å². The summed E-state index contributed by atoms with van der Waals surface area (Å²) in [6.07, 6.45) is 0.0997. The highest BCUT2D eigenvalue weighted by Crippen LogP contribution is 2.28. The van der Waals surface area contributed by atoms with Crippen molar-refractivity contribution in [2.24, 2.45) is 0 Å². The van der Waals surface area contributed by atoms with E-state index in [1.807, 2.05) is 52.0 Å². The molecular weight excluding hydrogens is 310 g/mol. The van der Waals surface area contributed by atoms with Crippen LogP contribution in [-0.4, -0.2) is 12.0 Å². The number of hydrogen-bond donors (Lipinski definition) is 1. The SMILES string of the molecule is CC[C@H](Oc1cc(C)cc(C)c1)C(=O)Nc1c(C)cccc1C(C)C.